The molecule has 0 aliphatic carbocycles. The molecule has 2 N–H and O–H groups in total. The predicted molar refractivity (Wildman–Crippen MR) is 128 cm³/mol. The lowest BCUT2D eigenvalue weighted by molar-refractivity contribution is 0.231. The first-order chi connectivity index (χ1) is 15.3. The molecule has 0 saturated carbocycles. The van der Waals surface area contributed by atoms with E-state index in [4.69, 9.17) is 10.1 Å². The van der Waals surface area contributed by atoms with E-state index in [1.165, 1.54) is 49.9 Å². The number of aromatic nitrogens is 3. The standard InChI is InChI=1S/C25H27N5S/c26-31-23-6-4-5-21(15-23)24-17-28-30-18-22(16-27-25(24)30)20-9-7-19(8-10-20)11-14-29-12-2-1-3-13-29/h4-10,15-18H,1-3,11-14,26H2. The molecule has 5 rings (SSSR count). The third-order valence-corrected chi connectivity index (χ3v) is 6.62. The Morgan fingerprint density at radius 3 is 2.55 bits per heavy atom. The summed E-state index contributed by atoms with van der Waals surface area (Å²) in [5.41, 5.74) is 6.55. The van der Waals surface area contributed by atoms with Gasteiger partial charge in [0.25, 0.3) is 0 Å². The molecule has 31 heavy (non-hydrogen) atoms. The van der Waals surface area contributed by atoms with Gasteiger partial charge in [0.1, 0.15) is 0 Å². The van der Waals surface area contributed by atoms with E-state index in [0.717, 1.165) is 45.8 Å². The van der Waals surface area contributed by atoms with E-state index in [0.29, 0.717) is 0 Å². The Bertz CT molecular complexity index is 1160. The van der Waals surface area contributed by atoms with Gasteiger partial charge in [0.15, 0.2) is 5.65 Å². The van der Waals surface area contributed by atoms with Gasteiger partial charge in [-0.15, -0.1) is 0 Å². The fraction of sp³-hybridized carbons (Fsp3) is 0.280. The normalized spacial score (nSPS) is 14.9. The average Bonchev–Trinajstić information content (AvgIpc) is 3.27. The molecule has 1 aliphatic heterocycles. The minimum atomic E-state index is 0.848. The summed E-state index contributed by atoms with van der Waals surface area (Å²) in [6.07, 6.45) is 11.1. The molecule has 0 radical (unpaired) electrons. The first-order valence-corrected chi connectivity index (χ1v) is 11.8. The highest BCUT2D eigenvalue weighted by molar-refractivity contribution is 7.97. The summed E-state index contributed by atoms with van der Waals surface area (Å²) in [6, 6.07) is 17.0. The van der Waals surface area contributed by atoms with Crippen LogP contribution in [0.15, 0.2) is 72.0 Å². The lowest BCUT2D eigenvalue weighted by atomic mass is 10.0. The molecule has 0 bridgehead atoms. The summed E-state index contributed by atoms with van der Waals surface area (Å²) in [6.45, 7) is 3.67. The van der Waals surface area contributed by atoms with Crippen LogP contribution in [0.2, 0.25) is 0 Å². The number of nitrogens with zero attached hydrogens (tertiary/aromatic N) is 4. The number of likely N-dealkylation sites (tertiary alicyclic amines) is 1. The van der Waals surface area contributed by atoms with Gasteiger partial charge in [-0.05, 0) is 73.1 Å². The Kier molecular flexibility index (Phi) is 6.02. The van der Waals surface area contributed by atoms with Crippen molar-refractivity contribution >= 4 is 17.6 Å². The second-order valence-electron chi connectivity index (χ2n) is 8.16. The quantitative estimate of drug-likeness (QED) is 0.434. The summed E-state index contributed by atoms with van der Waals surface area (Å²) >= 11 is 1.25. The molecule has 3 heterocycles. The van der Waals surface area contributed by atoms with Gasteiger partial charge in [-0.2, -0.15) is 5.10 Å². The molecule has 0 spiro atoms. The molecule has 0 amide bonds. The van der Waals surface area contributed by atoms with Crippen LogP contribution < -0.4 is 5.14 Å². The van der Waals surface area contributed by atoms with Crippen molar-refractivity contribution in [3.63, 3.8) is 0 Å². The number of nitrogens with two attached hydrogens (primary N) is 1. The molecule has 6 heteroatoms. The van der Waals surface area contributed by atoms with E-state index in [2.05, 4.69) is 52.6 Å². The van der Waals surface area contributed by atoms with Gasteiger partial charge in [-0.25, -0.2) is 9.50 Å². The number of fused-ring (bicyclic) bond motifs is 1. The summed E-state index contributed by atoms with van der Waals surface area (Å²) < 4.78 is 1.86. The van der Waals surface area contributed by atoms with Gasteiger partial charge in [-0.3, -0.25) is 5.14 Å². The van der Waals surface area contributed by atoms with Gasteiger partial charge in [0, 0.05) is 35.0 Å². The van der Waals surface area contributed by atoms with Crippen LogP contribution in [0.4, 0.5) is 0 Å². The molecule has 2 aromatic heterocycles. The highest BCUT2D eigenvalue weighted by Crippen LogP contribution is 2.28. The number of hydrogen-bond acceptors (Lipinski definition) is 5. The highest BCUT2D eigenvalue weighted by atomic mass is 32.2. The van der Waals surface area contributed by atoms with Gasteiger partial charge in [-0.1, -0.05) is 42.8 Å². The second-order valence-corrected chi connectivity index (χ2v) is 8.87. The lowest BCUT2D eigenvalue weighted by Crippen LogP contribution is -2.31. The van der Waals surface area contributed by atoms with Gasteiger partial charge < -0.3 is 4.90 Å². The number of piperidine rings is 1. The van der Waals surface area contributed by atoms with Crippen molar-refractivity contribution in [1.82, 2.24) is 19.5 Å². The Balaban J connectivity index is 1.33. The fourth-order valence-corrected chi connectivity index (χ4v) is 4.65. The van der Waals surface area contributed by atoms with E-state index >= 15 is 0 Å². The molecule has 0 atom stereocenters. The van der Waals surface area contributed by atoms with E-state index in [1.807, 2.05) is 29.0 Å². The summed E-state index contributed by atoms with van der Waals surface area (Å²) in [5.74, 6) is 0. The van der Waals surface area contributed by atoms with Crippen molar-refractivity contribution in [2.24, 2.45) is 5.14 Å². The lowest BCUT2D eigenvalue weighted by Gasteiger charge is -2.26. The summed E-state index contributed by atoms with van der Waals surface area (Å²) in [4.78, 5) is 8.34. The van der Waals surface area contributed by atoms with Crippen LogP contribution in [-0.4, -0.2) is 39.1 Å². The van der Waals surface area contributed by atoms with Crippen LogP contribution in [-0.2, 0) is 6.42 Å². The van der Waals surface area contributed by atoms with Crippen LogP contribution in [0, 0.1) is 0 Å². The molecule has 4 aromatic rings. The average molecular weight is 430 g/mol. The van der Waals surface area contributed by atoms with Gasteiger partial charge in [0.05, 0.1) is 6.20 Å². The van der Waals surface area contributed by atoms with Crippen molar-refractivity contribution in [2.45, 2.75) is 30.6 Å². The topological polar surface area (TPSA) is 59.4 Å². The molecular weight excluding hydrogens is 402 g/mol. The highest BCUT2D eigenvalue weighted by Gasteiger charge is 2.11. The zero-order valence-corrected chi connectivity index (χ0v) is 18.4. The van der Waals surface area contributed by atoms with E-state index in [1.54, 1.807) is 0 Å². The Hall–Kier alpha value is -2.67. The molecule has 158 valence electrons. The monoisotopic (exact) mass is 429 g/mol. The van der Waals surface area contributed by atoms with Crippen LogP contribution in [0.5, 0.6) is 0 Å². The van der Waals surface area contributed by atoms with Crippen LogP contribution in [0.1, 0.15) is 24.8 Å². The zero-order chi connectivity index (χ0) is 21.0. The molecular formula is C25H27N5S. The molecule has 1 aliphatic rings. The van der Waals surface area contributed by atoms with E-state index in [9.17, 15) is 0 Å². The maximum Gasteiger partial charge on any atom is 0.162 e. The maximum atomic E-state index is 5.71. The number of hydrogen-bond donors (Lipinski definition) is 1. The predicted octanol–water partition coefficient (Wildman–Crippen LogP) is 5.06. The van der Waals surface area contributed by atoms with E-state index < -0.39 is 0 Å². The van der Waals surface area contributed by atoms with Crippen molar-refractivity contribution in [2.75, 3.05) is 19.6 Å². The SMILES string of the molecule is NSc1cccc(-c2cnn3cc(-c4ccc(CCN5CCCCC5)cc4)cnc23)c1. The third kappa shape index (κ3) is 4.51. The van der Waals surface area contributed by atoms with Gasteiger partial charge >= 0.3 is 0 Å². The molecule has 1 saturated heterocycles. The Morgan fingerprint density at radius 1 is 0.903 bits per heavy atom. The van der Waals surface area contributed by atoms with Crippen molar-refractivity contribution in [3.05, 3.63) is 72.7 Å². The van der Waals surface area contributed by atoms with Crippen LogP contribution in [0.3, 0.4) is 0 Å². The van der Waals surface area contributed by atoms with Gasteiger partial charge in [0.2, 0.25) is 0 Å². The summed E-state index contributed by atoms with van der Waals surface area (Å²) in [7, 11) is 0. The molecule has 2 aromatic carbocycles. The van der Waals surface area contributed by atoms with Crippen LogP contribution in [0.25, 0.3) is 27.9 Å². The number of rotatable bonds is 6. The first kappa shape index (κ1) is 20.2. The molecule has 5 nitrogen and oxygen atoms in total. The Labute approximate surface area is 187 Å². The molecule has 0 unspecified atom stereocenters. The first-order valence-electron chi connectivity index (χ1n) is 10.9. The largest absolute Gasteiger partial charge is 0.303 e. The maximum absolute atomic E-state index is 5.71. The minimum Gasteiger partial charge on any atom is -0.303 e. The summed E-state index contributed by atoms with van der Waals surface area (Å²) in [5, 5.41) is 10.3. The minimum absolute atomic E-state index is 0.848. The van der Waals surface area contributed by atoms with Crippen molar-refractivity contribution < 1.29 is 0 Å². The smallest absolute Gasteiger partial charge is 0.162 e. The second kappa shape index (κ2) is 9.22. The zero-order valence-electron chi connectivity index (χ0n) is 17.6. The fourth-order valence-electron chi connectivity index (χ4n) is 4.30. The van der Waals surface area contributed by atoms with Crippen molar-refractivity contribution in [3.8, 4) is 22.3 Å². The number of benzene rings is 2. The Morgan fingerprint density at radius 2 is 1.74 bits per heavy atom. The van der Waals surface area contributed by atoms with E-state index in [-0.39, 0.29) is 0 Å². The van der Waals surface area contributed by atoms with Crippen molar-refractivity contribution in [1.29, 1.82) is 0 Å². The van der Waals surface area contributed by atoms with Crippen LogP contribution >= 0.6 is 11.9 Å². The molecule has 1 fully saturated rings. The third-order valence-electron chi connectivity index (χ3n) is 6.09.